The Labute approximate surface area is 200 Å². The van der Waals surface area contributed by atoms with E-state index >= 15 is 0 Å². The topological polar surface area (TPSA) is 49.3 Å². The van der Waals surface area contributed by atoms with Crippen LogP contribution < -0.4 is 5.32 Å². The highest BCUT2D eigenvalue weighted by Gasteiger charge is 2.25. The van der Waals surface area contributed by atoms with Gasteiger partial charge in [-0.1, -0.05) is 30.3 Å². The molecule has 1 heterocycles. The van der Waals surface area contributed by atoms with Crippen molar-refractivity contribution in [1.82, 2.24) is 15.1 Å². The van der Waals surface area contributed by atoms with Crippen molar-refractivity contribution >= 4 is 29.9 Å². The third kappa shape index (κ3) is 9.94. The van der Waals surface area contributed by atoms with Gasteiger partial charge in [-0.3, -0.25) is 9.89 Å². The van der Waals surface area contributed by atoms with Crippen LogP contribution in [0.25, 0.3) is 0 Å². The number of methoxy groups -OCH3 is 1. The van der Waals surface area contributed by atoms with E-state index in [0.29, 0.717) is 25.2 Å². The van der Waals surface area contributed by atoms with E-state index in [1.165, 1.54) is 5.56 Å². The number of likely N-dealkylation sites (tertiary alicyclic amines) is 1. The van der Waals surface area contributed by atoms with Gasteiger partial charge in [0, 0.05) is 51.8 Å². The third-order valence-electron chi connectivity index (χ3n) is 5.54. The van der Waals surface area contributed by atoms with Gasteiger partial charge in [0.2, 0.25) is 0 Å². The summed E-state index contributed by atoms with van der Waals surface area (Å²) in [5, 5.41) is 3.47. The van der Waals surface area contributed by atoms with Crippen LogP contribution in [-0.2, 0) is 16.0 Å². The molecule has 1 saturated heterocycles. The second-order valence-electron chi connectivity index (χ2n) is 7.94. The van der Waals surface area contributed by atoms with E-state index in [0.717, 1.165) is 58.1 Å². The van der Waals surface area contributed by atoms with Crippen LogP contribution in [0.2, 0.25) is 0 Å². The standard InChI is InChI=1S/C23H40N4O2.HI/c1-5-24-23(27-14-12-22(18-27)19-29-16-15-28-4)25-13-11-20(2)26(3)17-21-9-7-6-8-10-21;/h6-10,20,22H,5,11-19H2,1-4H3,(H,24,25);1H. The zero-order valence-corrected chi connectivity index (χ0v) is 21.5. The second kappa shape index (κ2) is 15.8. The number of ether oxygens (including phenoxy) is 2. The van der Waals surface area contributed by atoms with E-state index in [2.05, 4.69) is 66.3 Å². The zero-order chi connectivity index (χ0) is 20.9. The molecular weight excluding hydrogens is 491 g/mol. The molecule has 0 aromatic heterocycles. The van der Waals surface area contributed by atoms with Crippen molar-refractivity contribution in [2.75, 3.05) is 60.2 Å². The molecule has 0 saturated carbocycles. The maximum absolute atomic E-state index is 5.72. The van der Waals surface area contributed by atoms with Gasteiger partial charge in [-0.15, -0.1) is 24.0 Å². The molecule has 172 valence electrons. The molecule has 1 aromatic rings. The van der Waals surface area contributed by atoms with E-state index in [4.69, 9.17) is 14.5 Å². The monoisotopic (exact) mass is 532 g/mol. The summed E-state index contributed by atoms with van der Waals surface area (Å²) in [5.41, 5.74) is 1.36. The minimum Gasteiger partial charge on any atom is -0.382 e. The van der Waals surface area contributed by atoms with Crippen LogP contribution in [0.15, 0.2) is 35.3 Å². The molecule has 1 aromatic carbocycles. The van der Waals surface area contributed by atoms with E-state index in [1.54, 1.807) is 7.11 Å². The third-order valence-corrected chi connectivity index (χ3v) is 5.54. The summed E-state index contributed by atoms with van der Waals surface area (Å²) < 4.78 is 10.8. The minimum atomic E-state index is 0. The zero-order valence-electron chi connectivity index (χ0n) is 19.2. The average molecular weight is 533 g/mol. The van der Waals surface area contributed by atoms with Crippen LogP contribution in [0.4, 0.5) is 0 Å². The first kappa shape index (κ1) is 27.1. The van der Waals surface area contributed by atoms with Gasteiger partial charge in [0.25, 0.3) is 0 Å². The molecule has 2 atom stereocenters. The van der Waals surface area contributed by atoms with Crippen LogP contribution >= 0.6 is 24.0 Å². The van der Waals surface area contributed by atoms with Crippen molar-refractivity contribution < 1.29 is 9.47 Å². The lowest BCUT2D eigenvalue weighted by molar-refractivity contribution is 0.0536. The molecule has 0 radical (unpaired) electrons. The molecule has 1 aliphatic rings. The highest BCUT2D eigenvalue weighted by molar-refractivity contribution is 14.0. The molecule has 7 heteroatoms. The first-order chi connectivity index (χ1) is 14.1. The van der Waals surface area contributed by atoms with E-state index < -0.39 is 0 Å². The fourth-order valence-electron chi connectivity index (χ4n) is 3.58. The Bertz CT molecular complexity index is 588. The first-order valence-corrected chi connectivity index (χ1v) is 11.0. The Morgan fingerprint density at radius 2 is 2.07 bits per heavy atom. The summed E-state index contributed by atoms with van der Waals surface area (Å²) in [6.45, 7) is 11.3. The summed E-state index contributed by atoms with van der Waals surface area (Å²) in [5.74, 6) is 1.62. The van der Waals surface area contributed by atoms with Crippen molar-refractivity contribution in [3.63, 3.8) is 0 Å². The van der Waals surface area contributed by atoms with Gasteiger partial charge in [0.05, 0.1) is 19.8 Å². The van der Waals surface area contributed by atoms with Gasteiger partial charge in [0.1, 0.15) is 0 Å². The molecule has 0 bridgehead atoms. The summed E-state index contributed by atoms with van der Waals surface area (Å²) in [6.07, 6.45) is 2.21. The molecule has 6 nitrogen and oxygen atoms in total. The second-order valence-corrected chi connectivity index (χ2v) is 7.94. The van der Waals surface area contributed by atoms with Gasteiger partial charge >= 0.3 is 0 Å². The molecule has 2 unspecified atom stereocenters. The molecule has 0 spiro atoms. The maximum Gasteiger partial charge on any atom is 0.193 e. The van der Waals surface area contributed by atoms with Gasteiger partial charge < -0.3 is 19.7 Å². The SMILES string of the molecule is CCNC(=NCCC(C)N(C)Cc1ccccc1)N1CCC(COCCOC)C1.I. The molecule has 0 amide bonds. The van der Waals surface area contributed by atoms with Crippen LogP contribution in [0.3, 0.4) is 0 Å². The minimum absolute atomic E-state index is 0. The first-order valence-electron chi connectivity index (χ1n) is 11.0. The van der Waals surface area contributed by atoms with Crippen molar-refractivity contribution in [2.24, 2.45) is 10.9 Å². The van der Waals surface area contributed by atoms with Gasteiger partial charge in [-0.05, 0) is 39.3 Å². The van der Waals surface area contributed by atoms with E-state index in [9.17, 15) is 0 Å². The summed E-state index contributed by atoms with van der Waals surface area (Å²) in [6, 6.07) is 11.1. The number of hydrogen-bond donors (Lipinski definition) is 1. The Balaban J connectivity index is 0.00000450. The molecule has 1 aliphatic heterocycles. The maximum atomic E-state index is 5.72. The number of hydrogen-bond acceptors (Lipinski definition) is 4. The Morgan fingerprint density at radius 3 is 2.77 bits per heavy atom. The fraction of sp³-hybridized carbons (Fsp3) is 0.696. The smallest absolute Gasteiger partial charge is 0.193 e. The van der Waals surface area contributed by atoms with Crippen molar-refractivity contribution in [3.8, 4) is 0 Å². The number of nitrogens with zero attached hydrogens (tertiary/aromatic N) is 3. The van der Waals surface area contributed by atoms with Crippen molar-refractivity contribution in [2.45, 2.75) is 39.3 Å². The number of rotatable bonds is 12. The summed E-state index contributed by atoms with van der Waals surface area (Å²) in [7, 11) is 3.90. The highest BCUT2D eigenvalue weighted by atomic mass is 127. The number of guanidine groups is 1. The fourth-order valence-corrected chi connectivity index (χ4v) is 3.58. The molecule has 1 N–H and O–H groups in total. The predicted octanol–water partition coefficient (Wildman–Crippen LogP) is 3.47. The number of halogens is 1. The van der Waals surface area contributed by atoms with Gasteiger partial charge in [-0.2, -0.15) is 0 Å². The Kier molecular flexibility index (Phi) is 14.3. The van der Waals surface area contributed by atoms with Crippen LogP contribution in [0.1, 0.15) is 32.3 Å². The number of benzene rings is 1. The van der Waals surface area contributed by atoms with Gasteiger partial charge in [0.15, 0.2) is 5.96 Å². The number of nitrogens with one attached hydrogen (secondary N) is 1. The quantitative estimate of drug-likeness (QED) is 0.194. The summed E-state index contributed by atoms with van der Waals surface area (Å²) >= 11 is 0. The Morgan fingerprint density at radius 1 is 1.30 bits per heavy atom. The largest absolute Gasteiger partial charge is 0.382 e. The van der Waals surface area contributed by atoms with Crippen molar-refractivity contribution in [3.05, 3.63) is 35.9 Å². The van der Waals surface area contributed by atoms with E-state index in [1.807, 2.05) is 0 Å². The average Bonchev–Trinajstić information content (AvgIpc) is 3.20. The normalized spacial score (nSPS) is 17.8. The lowest BCUT2D eigenvalue weighted by Gasteiger charge is -2.25. The molecule has 0 aliphatic carbocycles. The Hall–Kier alpha value is -0.900. The van der Waals surface area contributed by atoms with Crippen LogP contribution in [0.5, 0.6) is 0 Å². The lowest BCUT2D eigenvalue weighted by atomic mass is 10.1. The molecule has 30 heavy (non-hydrogen) atoms. The van der Waals surface area contributed by atoms with Crippen LogP contribution in [-0.4, -0.2) is 82.0 Å². The van der Waals surface area contributed by atoms with Crippen LogP contribution in [0, 0.1) is 5.92 Å². The molecule has 2 rings (SSSR count). The molecule has 1 fully saturated rings. The van der Waals surface area contributed by atoms with E-state index in [-0.39, 0.29) is 24.0 Å². The molecular formula is C23H41IN4O2. The summed E-state index contributed by atoms with van der Waals surface area (Å²) in [4.78, 5) is 9.70. The highest BCUT2D eigenvalue weighted by Crippen LogP contribution is 2.17. The van der Waals surface area contributed by atoms with Crippen molar-refractivity contribution in [1.29, 1.82) is 0 Å². The van der Waals surface area contributed by atoms with Gasteiger partial charge in [-0.25, -0.2) is 0 Å². The number of aliphatic imine (C=N–C) groups is 1. The predicted molar refractivity (Wildman–Crippen MR) is 136 cm³/mol. The lowest BCUT2D eigenvalue weighted by Crippen LogP contribution is -2.40.